The first-order valence-electron chi connectivity index (χ1n) is 5.43. The minimum Gasteiger partial charge on any atom is -0.462 e. The molecule has 0 saturated carbocycles. The van der Waals surface area contributed by atoms with Gasteiger partial charge in [-0.2, -0.15) is 0 Å². The number of rotatable bonds is 4. The van der Waals surface area contributed by atoms with Crippen molar-refractivity contribution in [3.8, 4) is 0 Å². The smallest absolute Gasteiger partial charge is 0.319 e. The second kappa shape index (κ2) is 6.04. The molecular weight excluding hydrogens is 260 g/mol. The number of benzene rings is 1. The monoisotopic (exact) mass is 275 g/mol. The first-order valence-corrected chi connectivity index (χ1v) is 6.31. The third-order valence-corrected chi connectivity index (χ3v) is 3.15. The van der Waals surface area contributed by atoms with Gasteiger partial charge in [-0.05, 0) is 26.8 Å². The van der Waals surface area contributed by atoms with E-state index in [9.17, 15) is 13.6 Å². The average molecular weight is 275 g/mol. The standard InChI is InChI=1S/C12H15F2NO2S/c1-6(2)17-12(16)7(3)18-11-5-10(15)8(13)4-9(11)14/h4-7H,15H2,1-3H3. The third kappa shape index (κ3) is 3.87. The van der Waals surface area contributed by atoms with Gasteiger partial charge in [0, 0.05) is 11.0 Å². The van der Waals surface area contributed by atoms with Gasteiger partial charge in [0.2, 0.25) is 0 Å². The fourth-order valence-corrected chi connectivity index (χ4v) is 2.10. The first kappa shape index (κ1) is 14.8. The van der Waals surface area contributed by atoms with Gasteiger partial charge in [0.05, 0.1) is 11.8 Å². The van der Waals surface area contributed by atoms with Crippen LogP contribution < -0.4 is 5.73 Å². The lowest BCUT2D eigenvalue weighted by Gasteiger charge is -2.14. The van der Waals surface area contributed by atoms with Crippen LogP contribution in [0.15, 0.2) is 17.0 Å². The van der Waals surface area contributed by atoms with Crippen molar-refractivity contribution in [1.82, 2.24) is 0 Å². The summed E-state index contributed by atoms with van der Waals surface area (Å²) in [6.45, 7) is 5.05. The van der Waals surface area contributed by atoms with E-state index in [2.05, 4.69) is 0 Å². The normalized spacial score (nSPS) is 12.6. The molecule has 0 amide bonds. The summed E-state index contributed by atoms with van der Waals surface area (Å²) >= 11 is 0.947. The van der Waals surface area contributed by atoms with Crippen LogP contribution in [0, 0.1) is 11.6 Å². The molecule has 100 valence electrons. The molecule has 0 radical (unpaired) electrons. The Bertz CT molecular complexity index is 452. The van der Waals surface area contributed by atoms with Gasteiger partial charge in [0.15, 0.2) is 0 Å². The van der Waals surface area contributed by atoms with Crippen LogP contribution in [0.3, 0.4) is 0 Å². The maximum atomic E-state index is 13.4. The predicted octanol–water partition coefficient (Wildman–Crippen LogP) is 2.98. The summed E-state index contributed by atoms with van der Waals surface area (Å²) in [6.07, 6.45) is -0.233. The van der Waals surface area contributed by atoms with Crippen molar-refractivity contribution in [1.29, 1.82) is 0 Å². The molecule has 0 bridgehead atoms. The molecule has 0 aliphatic carbocycles. The van der Waals surface area contributed by atoms with Crippen LogP contribution in [0.2, 0.25) is 0 Å². The molecule has 3 nitrogen and oxygen atoms in total. The van der Waals surface area contributed by atoms with Crippen molar-refractivity contribution >= 4 is 23.4 Å². The Morgan fingerprint density at radius 3 is 2.44 bits per heavy atom. The zero-order valence-corrected chi connectivity index (χ0v) is 11.2. The Hall–Kier alpha value is -1.30. The summed E-state index contributed by atoms with van der Waals surface area (Å²) in [4.78, 5) is 11.7. The van der Waals surface area contributed by atoms with Gasteiger partial charge >= 0.3 is 5.97 Å². The van der Waals surface area contributed by atoms with Crippen molar-refractivity contribution in [3.05, 3.63) is 23.8 Å². The minimum absolute atomic E-state index is 0.127. The van der Waals surface area contributed by atoms with E-state index in [4.69, 9.17) is 10.5 Å². The van der Waals surface area contributed by atoms with E-state index in [0.717, 1.165) is 11.8 Å². The molecule has 0 fully saturated rings. The Morgan fingerprint density at radius 1 is 1.28 bits per heavy atom. The molecule has 1 aromatic carbocycles. The van der Waals surface area contributed by atoms with Crippen molar-refractivity contribution in [2.75, 3.05) is 5.73 Å². The van der Waals surface area contributed by atoms with Crippen LogP contribution >= 0.6 is 11.8 Å². The molecule has 0 aliphatic heterocycles. The quantitative estimate of drug-likeness (QED) is 0.521. The Morgan fingerprint density at radius 2 is 1.89 bits per heavy atom. The highest BCUT2D eigenvalue weighted by Gasteiger charge is 2.19. The molecule has 18 heavy (non-hydrogen) atoms. The Labute approximate surface area is 109 Å². The number of esters is 1. The largest absolute Gasteiger partial charge is 0.462 e. The SMILES string of the molecule is CC(C)OC(=O)C(C)Sc1cc(N)c(F)cc1F. The predicted molar refractivity (Wildman–Crippen MR) is 67.3 cm³/mol. The number of nitrogens with two attached hydrogens (primary N) is 1. The van der Waals surface area contributed by atoms with Crippen molar-refractivity contribution in [2.24, 2.45) is 0 Å². The summed E-state index contributed by atoms with van der Waals surface area (Å²) in [6, 6.07) is 1.88. The third-order valence-electron chi connectivity index (χ3n) is 2.04. The number of ether oxygens (including phenoxy) is 1. The summed E-state index contributed by atoms with van der Waals surface area (Å²) < 4.78 is 31.4. The Balaban J connectivity index is 2.79. The van der Waals surface area contributed by atoms with Crippen LogP contribution in [0.5, 0.6) is 0 Å². The molecular formula is C12H15F2NO2S. The zero-order chi connectivity index (χ0) is 13.9. The summed E-state index contributed by atoms with van der Waals surface area (Å²) in [5.74, 6) is -2.00. The van der Waals surface area contributed by atoms with Crippen molar-refractivity contribution in [2.45, 2.75) is 37.0 Å². The lowest BCUT2D eigenvalue weighted by Crippen LogP contribution is -2.20. The van der Waals surface area contributed by atoms with Crippen LogP contribution in [0.4, 0.5) is 14.5 Å². The summed E-state index contributed by atoms with van der Waals surface area (Å²) in [7, 11) is 0. The highest BCUT2D eigenvalue weighted by atomic mass is 32.2. The van der Waals surface area contributed by atoms with Gasteiger partial charge in [-0.3, -0.25) is 4.79 Å². The number of carbonyl (C=O) groups excluding carboxylic acids is 1. The number of nitrogen functional groups attached to an aromatic ring is 1. The first-order chi connectivity index (χ1) is 8.31. The van der Waals surface area contributed by atoms with Gasteiger partial charge < -0.3 is 10.5 Å². The summed E-state index contributed by atoms with van der Waals surface area (Å²) in [5, 5.41) is -0.591. The summed E-state index contributed by atoms with van der Waals surface area (Å²) in [5.41, 5.74) is 5.20. The average Bonchev–Trinajstić information content (AvgIpc) is 2.24. The van der Waals surface area contributed by atoms with E-state index in [1.54, 1.807) is 20.8 Å². The topological polar surface area (TPSA) is 52.3 Å². The second-order valence-electron chi connectivity index (χ2n) is 4.05. The van der Waals surface area contributed by atoms with Gasteiger partial charge in [-0.1, -0.05) is 0 Å². The van der Waals surface area contributed by atoms with E-state index >= 15 is 0 Å². The maximum absolute atomic E-state index is 13.4. The molecule has 0 aliphatic rings. The van der Waals surface area contributed by atoms with Crippen LogP contribution in [-0.4, -0.2) is 17.3 Å². The molecule has 0 heterocycles. The molecule has 0 spiro atoms. The van der Waals surface area contributed by atoms with Gasteiger partial charge in [-0.15, -0.1) is 11.8 Å². The second-order valence-corrected chi connectivity index (χ2v) is 5.43. The van der Waals surface area contributed by atoms with Gasteiger partial charge in [0.1, 0.15) is 16.9 Å². The molecule has 1 rings (SSSR count). The van der Waals surface area contributed by atoms with E-state index in [-0.39, 0.29) is 16.7 Å². The van der Waals surface area contributed by atoms with Crippen molar-refractivity contribution < 1.29 is 18.3 Å². The fourth-order valence-electron chi connectivity index (χ4n) is 1.20. The van der Waals surface area contributed by atoms with Gasteiger partial charge in [-0.25, -0.2) is 8.78 Å². The lowest BCUT2D eigenvalue weighted by atomic mass is 10.3. The highest BCUT2D eigenvalue weighted by Crippen LogP contribution is 2.29. The highest BCUT2D eigenvalue weighted by molar-refractivity contribution is 8.00. The molecule has 2 N–H and O–H groups in total. The van der Waals surface area contributed by atoms with Crippen LogP contribution in [-0.2, 0) is 9.53 Å². The minimum atomic E-state index is -0.811. The number of hydrogen-bond donors (Lipinski definition) is 1. The van der Waals surface area contributed by atoms with E-state index < -0.39 is 22.9 Å². The van der Waals surface area contributed by atoms with Crippen LogP contribution in [0.25, 0.3) is 0 Å². The molecule has 1 atom stereocenters. The van der Waals surface area contributed by atoms with Gasteiger partial charge in [0.25, 0.3) is 0 Å². The number of anilines is 1. The molecule has 0 aromatic heterocycles. The van der Waals surface area contributed by atoms with E-state index in [1.165, 1.54) is 6.07 Å². The molecule has 1 aromatic rings. The van der Waals surface area contributed by atoms with E-state index in [1.807, 2.05) is 0 Å². The lowest BCUT2D eigenvalue weighted by molar-refractivity contribution is -0.146. The number of hydrogen-bond acceptors (Lipinski definition) is 4. The number of thioether (sulfide) groups is 1. The maximum Gasteiger partial charge on any atom is 0.319 e. The molecule has 0 saturated heterocycles. The molecule has 6 heteroatoms. The van der Waals surface area contributed by atoms with Crippen molar-refractivity contribution in [3.63, 3.8) is 0 Å². The fraction of sp³-hybridized carbons (Fsp3) is 0.417. The Kier molecular flexibility index (Phi) is 4.95. The van der Waals surface area contributed by atoms with E-state index in [0.29, 0.717) is 6.07 Å². The zero-order valence-electron chi connectivity index (χ0n) is 10.4. The number of carbonyl (C=O) groups is 1. The van der Waals surface area contributed by atoms with Crippen LogP contribution in [0.1, 0.15) is 20.8 Å². The number of halogens is 2. The molecule has 1 unspecified atom stereocenters.